The highest BCUT2D eigenvalue weighted by atomic mass is 28.4. The van der Waals surface area contributed by atoms with Gasteiger partial charge >= 0.3 is 0 Å². The Hall–Kier alpha value is -1.42. The Morgan fingerprint density at radius 1 is 0.750 bits per heavy atom. The van der Waals surface area contributed by atoms with E-state index in [0.717, 1.165) is 0 Å². The van der Waals surface area contributed by atoms with E-state index in [0.29, 0.717) is 0 Å². The molecule has 0 atom stereocenters. The molecular formula is C17H22O2Si. The molecule has 0 aliphatic heterocycles. The number of rotatable bonds is 4. The van der Waals surface area contributed by atoms with Gasteiger partial charge < -0.3 is 0 Å². The Kier molecular flexibility index (Phi) is 4.43. The summed E-state index contributed by atoms with van der Waals surface area (Å²) in [5.74, 6) is 0. The van der Waals surface area contributed by atoms with Crippen LogP contribution in [0.1, 0.15) is 20.8 Å². The molecule has 0 amide bonds. The molecule has 20 heavy (non-hydrogen) atoms. The van der Waals surface area contributed by atoms with E-state index in [-0.39, 0.29) is 5.60 Å². The van der Waals surface area contributed by atoms with Crippen LogP contribution in [-0.4, -0.2) is 13.9 Å². The summed E-state index contributed by atoms with van der Waals surface area (Å²) >= 11 is 0. The van der Waals surface area contributed by atoms with Crippen LogP contribution in [0.5, 0.6) is 0 Å². The Labute approximate surface area is 122 Å². The van der Waals surface area contributed by atoms with Crippen LogP contribution in [0.25, 0.3) is 0 Å². The van der Waals surface area contributed by atoms with Gasteiger partial charge in [-0.05, 0) is 37.7 Å². The van der Waals surface area contributed by atoms with Gasteiger partial charge in [-0.1, -0.05) is 60.7 Å². The van der Waals surface area contributed by atoms with Gasteiger partial charge in [-0.25, -0.2) is 4.89 Å². The molecule has 2 aromatic rings. The zero-order chi connectivity index (χ0) is 14.6. The molecule has 2 nitrogen and oxygen atoms in total. The number of hydrogen-bond donors (Lipinski definition) is 0. The molecule has 2 rings (SSSR count). The van der Waals surface area contributed by atoms with Crippen molar-refractivity contribution in [2.75, 3.05) is 0 Å². The highest BCUT2D eigenvalue weighted by Gasteiger charge is 2.37. The van der Waals surface area contributed by atoms with Gasteiger partial charge in [0.2, 0.25) is 0 Å². The van der Waals surface area contributed by atoms with Crippen LogP contribution in [0.3, 0.4) is 0 Å². The third-order valence-electron chi connectivity index (χ3n) is 3.11. The van der Waals surface area contributed by atoms with Gasteiger partial charge in [0.15, 0.2) is 0 Å². The number of benzene rings is 2. The second-order valence-electron chi connectivity index (χ2n) is 6.04. The van der Waals surface area contributed by atoms with Crippen LogP contribution in [0, 0.1) is 0 Å². The fraction of sp³-hybridized carbons (Fsp3) is 0.294. The quantitative estimate of drug-likeness (QED) is 0.488. The van der Waals surface area contributed by atoms with E-state index in [2.05, 4.69) is 30.8 Å². The van der Waals surface area contributed by atoms with Gasteiger partial charge in [0.1, 0.15) is 0 Å². The fourth-order valence-corrected chi connectivity index (χ4v) is 4.58. The molecule has 0 aliphatic carbocycles. The Morgan fingerprint density at radius 3 is 1.50 bits per heavy atom. The average Bonchev–Trinajstić information content (AvgIpc) is 2.46. The minimum Gasteiger partial charge on any atom is -0.275 e. The van der Waals surface area contributed by atoms with E-state index < -0.39 is 8.32 Å². The predicted molar refractivity (Wildman–Crippen MR) is 85.7 cm³/mol. The molecule has 3 heteroatoms. The molecule has 0 heterocycles. The van der Waals surface area contributed by atoms with Gasteiger partial charge in [0.05, 0.1) is 5.60 Å². The molecule has 0 N–H and O–H groups in total. The topological polar surface area (TPSA) is 18.5 Å². The van der Waals surface area contributed by atoms with Crippen molar-refractivity contribution in [3.05, 3.63) is 60.7 Å². The van der Waals surface area contributed by atoms with Crippen LogP contribution >= 0.6 is 0 Å². The molecule has 0 radical (unpaired) electrons. The molecule has 0 aromatic heterocycles. The largest absolute Gasteiger partial charge is 0.297 e. The molecule has 0 aliphatic rings. The first-order chi connectivity index (χ1) is 9.42. The van der Waals surface area contributed by atoms with Crippen molar-refractivity contribution in [1.82, 2.24) is 0 Å². The van der Waals surface area contributed by atoms with Gasteiger partial charge in [-0.3, -0.25) is 4.58 Å². The highest BCUT2D eigenvalue weighted by molar-refractivity contribution is 6.96. The second-order valence-corrected chi connectivity index (χ2v) is 9.43. The monoisotopic (exact) mass is 286 g/mol. The van der Waals surface area contributed by atoms with Crippen LogP contribution in [-0.2, 0) is 9.46 Å². The van der Waals surface area contributed by atoms with E-state index in [1.165, 1.54) is 10.4 Å². The summed E-state index contributed by atoms with van der Waals surface area (Å²) in [6, 6.07) is 20.7. The van der Waals surface area contributed by atoms with Crippen molar-refractivity contribution >= 4 is 18.7 Å². The van der Waals surface area contributed by atoms with Crippen LogP contribution < -0.4 is 10.4 Å². The van der Waals surface area contributed by atoms with E-state index in [1.54, 1.807) is 0 Å². The van der Waals surface area contributed by atoms with Crippen LogP contribution in [0.15, 0.2) is 60.7 Å². The van der Waals surface area contributed by atoms with Gasteiger partial charge in [0, 0.05) is 0 Å². The summed E-state index contributed by atoms with van der Waals surface area (Å²) < 4.78 is 6.01. The van der Waals surface area contributed by atoms with E-state index in [1.807, 2.05) is 57.2 Å². The van der Waals surface area contributed by atoms with Crippen molar-refractivity contribution in [3.63, 3.8) is 0 Å². The minimum atomic E-state index is -2.33. The lowest BCUT2D eigenvalue weighted by atomic mass is 10.2. The average molecular weight is 286 g/mol. The van der Waals surface area contributed by atoms with Crippen molar-refractivity contribution in [1.29, 1.82) is 0 Å². The lowest BCUT2D eigenvalue weighted by molar-refractivity contribution is -0.282. The van der Waals surface area contributed by atoms with E-state index >= 15 is 0 Å². The van der Waals surface area contributed by atoms with E-state index in [9.17, 15) is 0 Å². The van der Waals surface area contributed by atoms with Crippen molar-refractivity contribution in [3.8, 4) is 0 Å². The molecule has 0 saturated carbocycles. The molecular weight excluding hydrogens is 264 g/mol. The predicted octanol–water partition coefficient (Wildman–Crippen LogP) is 3.12. The summed E-state index contributed by atoms with van der Waals surface area (Å²) in [5.41, 5.74) is -0.322. The fourth-order valence-electron chi connectivity index (χ4n) is 1.98. The van der Waals surface area contributed by atoms with Gasteiger partial charge in [-0.2, -0.15) is 0 Å². The Bertz CT molecular complexity index is 492. The lowest BCUT2D eigenvalue weighted by Gasteiger charge is -2.30. The third-order valence-corrected chi connectivity index (χ3v) is 6.39. The number of hydrogen-bond acceptors (Lipinski definition) is 2. The first-order valence-corrected chi connectivity index (χ1v) is 9.30. The minimum absolute atomic E-state index is 0.322. The normalized spacial score (nSPS) is 12.4. The summed E-state index contributed by atoms with van der Waals surface area (Å²) in [7, 11) is -2.33. The van der Waals surface area contributed by atoms with Crippen LogP contribution in [0.4, 0.5) is 0 Å². The van der Waals surface area contributed by atoms with Gasteiger partial charge in [-0.15, -0.1) is 0 Å². The lowest BCUT2D eigenvalue weighted by Crippen LogP contribution is -2.59. The summed E-state index contributed by atoms with van der Waals surface area (Å²) in [6.45, 7) is 8.16. The van der Waals surface area contributed by atoms with Crippen molar-refractivity contribution < 1.29 is 9.46 Å². The second kappa shape index (κ2) is 5.91. The summed E-state index contributed by atoms with van der Waals surface area (Å²) in [4.78, 5) is 5.67. The standard InChI is InChI=1S/C17H22O2Si/c1-17(2,3)18-19-20(4,15-11-7-5-8-12-15)16-13-9-6-10-14-16/h5-14H,1-4H3. The smallest absolute Gasteiger partial charge is 0.275 e. The third kappa shape index (κ3) is 3.57. The SMILES string of the molecule is CC(C)(C)OO[Si](C)(c1ccccc1)c1ccccc1. The van der Waals surface area contributed by atoms with Crippen LogP contribution in [0.2, 0.25) is 6.55 Å². The summed E-state index contributed by atoms with van der Waals surface area (Å²) in [5, 5.41) is 2.41. The molecule has 0 unspecified atom stereocenters. The molecule has 0 bridgehead atoms. The molecule has 0 spiro atoms. The first kappa shape index (κ1) is 15.0. The van der Waals surface area contributed by atoms with Crippen molar-refractivity contribution in [2.45, 2.75) is 32.9 Å². The first-order valence-electron chi connectivity index (χ1n) is 6.90. The maximum atomic E-state index is 6.01. The molecule has 0 fully saturated rings. The molecule has 0 saturated heterocycles. The zero-order valence-corrected chi connectivity index (χ0v) is 13.6. The van der Waals surface area contributed by atoms with Crippen molar-refractivity contribution in [2.24, 2.45) is 0 Å². The zero-order valence-electron chi connectivity index (χ0n) is 12.6. The molecule has 2 aromatic carbocycles. The Morgan fingerprint density at radius 2 is 1.15 bits per heavy atom. The summed E-state index contributed by atoms with van der Waals surface area (Å²) in [6.07, 6.45) is 0. The maximum Gasteiger partial charge on any atom is 0.297 e. The Balaban J connectivity index is 2.39. The van der Waals surface area contributed by atoms with Gasteiger partial charge in [0.25, 0.3) is 8.32 Å². The highest BCUT2D eigenvalue weighted by Crippen LogP contribution is 2.14. The molecule has 106 valence electrons. The van der Waals surface area contributed by atoms with E-state index in [4.69, 9.17) is 9.46 Å². The maximum absolute atomic E-state index is 6.01.